The molecule has 3 N–H and O–H groups in total. The van der Waals surface area contributed by atoms with Crippen molar-refractivity contribution in [3.05, 3.63) is 35.4 Å². The van der Waals surface area contributed by atoms with Crippen LogP contribution in [-0.2, 0) is 0 Å². The van der Waals surface area contributed by atoms with Gasteiger partial charge in [-0.15, -0.1) is 0 Å². The van der Waals surface area contributed by atoms with E-state index >= 15 is 0 Å². The van der Waals surface area contributed by atoms with Crippen LogP contribution in [0.3, 0.4) is 0 Å². The second-order valence-corrected chi connectivity index (χ2v) is 1.94. The first-order chi connectivity index (χ1) is 4.88. The van der Waals surface area contributed by atoms with Crippen molar-refractivity contribution in [2.24, 2.45) is 0 Å². The van der Waals surface area contributed by atoms with Crippen LogP contribution >= 0.6 is 0 Å². The lowest BCUT2D eigenvalue weighted by Gasteiger charge is -1.92. The zero-order chi connectivity index (χ0) is 7.40. The van der Waals surface area contributed by atoms with Crippen molar-refractivity contribution in [1.29, 1.82) is 5.41 Å². The molecular weight excluding hydrogens is 124 g/mol. The largest absolute Gasteiger partial charge is 0.308 e. The minimum absolute atomic E-state index is 0.852. The average molecular weight is 133 g/mol. The summed E-state index contributed by atoms with van der Waals surface area (Å²) in [5.74, 6) is 0. The molecule has 50 valence electrons. The molecule has 2 nitrogen and oxygen atoms in total. The van der Waals surface area contributed by atoms with Gasteiger partial charge in [0.2, 0.25) is 0 Å². The smallest absolute Gasteiger partial charge is 0.168 e. The van der Waals surface area contributed by atoms with E-state index in [2.05, 4.69) is 0 Å². The van der Waals surface area contributed by atoms with Crippen LogP contribution in [0.2, 0.25) is 0 Å². The summed E-state index contributed by atoms with van der Waals surface area (Å²) in [5.41, 5.74) is 1.75. The van der Waals surface area contributed by atoms with E-state index in [4.69, 9.17) is 10.8 Å². The molecule has 0 fully saturated rings. The first-order valence-corrected chi connectivity index (χ1v) is 3.03. The quantitative estimate of drug-likeness (QED) is 0.528. The number of hydrogen-bond donors (Lipinski definition) is 2. The second-order valence-electron chi connectivity index (χ2n) is 1.94. The maximum absolute atomic E-state index is 6.99. The summed E-state index contributed by atoms with van der Waals surface area (Å²) < 4.78 is 0. The summed E-state index contributed by atoms with van der Waals surface area (Å²) in [4.78, 5) is 0. The van der Waals surface area contributed by atoms with E-state index in [-0.39, 0.29) is 0 Å². The van der Waals surface area contributed by atoms with Crippen LogP contribution in [0.5, 0.6) is 0 Å². The molecular formula is C8H9N2+. The van der Waals surface area contributed by atoms with Gasteiger partial charge >= 0.3 is 0 Å². The monoisotopic (exact) mass is 133 g/mol. The molecule has 1 aromatic rings. The van der Waals surface area contributed by atoms with Crippen molar-refractivity contribution in [3.8, 4) is 0 Å². The molecule has 0 aliphatic heterocycles. The molecule has 0 atom stereocenters. The third kappa shape index (κ3) is 1.10. The van der Waals surface area contributed by atoms with Gasteiger partial charge in [0.1, 0.15) is 0 Å². The molecule has 0 aliphatic carbocycles. The number of benzene rings is 1. The van der Waals surface area contributed by atoms with Crippen molar-refractivity contribution in [3.63, 3.8) is 0 Å². The van der Waals surface area contributed by atoms with Gasteiger partial charge in [-0.1, -0.05) is 18.2 Å². The minimum Gasteiger partial charge on any atom is -0.308 e. The normalized spacial score (nSPS) is 8.80. The number of hydrogen-bond acceptors (Lipinski definition) is 1. The summed E-state index contributed by atoms with van der Waals surface area (Å²) in [7, 11) is 0. The van der Waals surface area contributed by atoms with Crippen LogP contribution in [0, 0.1) is 5.41 Å². The van der Waals surface area contributed by atoms with Crippen molar-refractivity contribution >= 4 is 12.4 Å². The van der Waals surface area contributed by atoms with Crippen LogP contribution in [0.1, 0.15) is 11.1 Å². The van der Waals surface area contributed by atoms with Gasteiger partial charge < -0.3 is 5.41 Å². The van der Waals surface area contributed by atoms with Gasteiger partial charge in [-0.25, -0.2) is 0 Å². The molecule has 0 saturated carbocycles. The fourth-order valence-electron chi connectivity index (χ4n) is 0.794. The van der Waals surface area contributed by atoms with Gasteiger partial charge in [0, 0.05) is 17.3 Å². The Hall–Kier alpha value is -1.44. The molecule has 0 saturated heterocycles. The lowest BCUT2D eigenvalue weighted by molar-refractivity contribution is -0.104. The van der Waals surface area contributed by atoms with E-state index in [1.165, 1.54) is 12.4 Å². The van der Waals surface area contributed by atoms with Gasteiger partial charge in [0.15, 0.2) is 6.21 Å². The summed E-state index contributed by atoms with van der Waals surface area (Å²) >= 11 is 0. The summed E-state index contributed by atoms with van der Waals surface area (Å²) in [6, 6.07) is 7.51. The van der Waals surface area contributed by atoms with Gasteiger partial charge in [-0.05, 0) is 6.07 Å². The molecule has 0 bridgehead atoms. The third-order valence-electron chi connectivity index (χ3n) is 1.33. The van der Waals surface area contributed by atoms with Gasteiger partial charge in [-0.3, -0.25) is 5.41 Å². The topological polar surface area (TPSA) is 49.4 Å². The molecule has 0 heterocycles. The lowest BCUT2D eigenvalue weighted by atomic mass is 10.1. The van der Waals surface area contributed by atoms with Crippen molar-refractivity contribution < 1.29 is 5.41 Å². The Morgan fingerprint density at radius 2 is 1.80 bits per heavy atom. The third-order valence-corrected chi connectivity index (χ3v) is 1.33. The van der Waals surface area contributed by atoms with Crippen molar-refractivity contribution in [2.45, 2.75) is 0 Å². The highest BCUT2D eigenvalue weighted by Gasteiger charge is 1.94. The fourth-order valence-corrected chi connectivity index (χ4v) is 0.794. The molecule has 2 heteroatoms. The second kappa shape index (κ2) is 2.92. The van der Waals surface area contributed by atoms with E-state index < -0.39 is 0 Å². The van der Waals surface area contributed by atoms with E-state index in [0.717, 1.165) is 11.1 Å². The first-order valence-electron chi connectivity index (χ1n) is 3.03. The minimum atomic E-state index is 0.852. The predicted molar refractivity (Wildman–Crippen MR) is 41.4 cm³/mol. The Morgan fingerprint density at radius 3 is 2.20 bits per heavy atom. The molecule has 0 unspecified atom stereocenters. The SMILES string of the molecule is N=Cc1ccccc1C=[NH2+]. The maximum atomic E-state index is 6.99. The molecule has 10 heavy (non-hydrogen) atoms. The fraction of sp³-hybridized carbons (Fsp3) is 0. The first kappa shape index (κ1) is 6.68. The molecule has 0 amide bonds. The molecule has 0 spiro atoms. The maximum Gasteiger partial charge on any atom is 0.168 e. The molecule has 0 radical (unpaired) electrons. The summed E-state index contributed by atoms with van der Waals surface area (Å²) in [5, 5.41) is 12.3. The highest BCUT2D eigenvalue weighted by atomic mass is 14.3. The van der Waals surface area contributed by atoms with Crippen molar-refractivity contribution in [1.82, 2.24) is 0 Å². The van der Waals surface area contributed by atoms with E-state index in [1.54, 1.807) is 0 Å². The Morgan fingerprint density at radius 1 is 1.20 bits per heavy atom. The average Bonchev–Trinajstić information content (AvgIpc) is 2.04. The van der Waals surface area contributed by atoms with E-state index in [1.807, 2.05) is 24.3 Å². The highest BCUT2D eigenvalue weighted by molar-refractivity contribution is 5.90. The van der Waals surface area contributed by atoms with Gasteiger partial charge in [0.05, 0.1) is 0 Å². The Balaban J connectivity index is 3.20. The van der Waals surface area contributed by atoms with Crippen LogP contribution < -0.4 is 5.41 Å². The summed E-state index contributed by atoms with van der Waals surface area (Å²) in [6.45, 7) is 0. The number of nitrogens with one attached hydrogen (secondary N) is 1. The van der Waals surface area contributed by atoms with Crippen LogP contribution in [0.25, 0.3) is 0 Å². The Kier molecular flexibility index (Phi) is 1.95. The van der Waals surface area contributed by atoms with E-state index in [9.17, 15) is 0 Å². The van der Waals surface area contributed by atoms with E-state index in [0.29, 0.717) is 0 Å². The Bertz CT molecular complexity index is 226. The predicted octanol–water partition coefficient (Wildman–Crippen LogP) is -0.138. The highest BCUT2D eigenvalue weighted by Crippen LogP contribution is 2.00. The van der Waals surface area contributed by atoms with Crippen LogP contribution in [-0.4, -0.2) is 12.4 Å². The zero-order valence-electron chi connectivity index (χ0n) is 5.54. The van der Waals surface area contributed by atoms with Gasteiger partial charge in [-0.2, -0.15) is 0 Å². The molecule has 0 aliphatic rings. The molecule has 1 aromatic carbocycles. The zero-order valence-corrected chi connectivity index (χ0v) is 5.54. The van der Waals surface area contributed by atoms with Crippen molar-refractivity contribution in [2.75, 3.05) is 0 Å². The number of rotatable bonds is 2. The summed E-state index contributed by atoms with van der Waals surface area (Å²) in [6.07, 6.45) is 2.79. The van der Waals surface area contributed by atoms with Gasteiger partial charge in [0.25, 0.3) is 0 Å². The molecule has 0 aromatic heterocycles. The molecule has 1 rings (SSSR count). The van der Waals surface area contributed by atoms with Crippen LogP contribution in [0.4, 0.5) is 0 Å². The lowest BCUT2D eigenvalue weighted by Crippen LogP contribution is -2.30. The Labute approximate surface area is 59.5 Å². The van der Waals surface area contributed by atoms with Crippen LogP contribution in [0.15, 0.2) is 24.3 Å². The standard InChI is InChI=1S/C8H8N2/c9-5-7-3-1-2-4-8(7)6-10/h1-6,9-10H/p+1. The number of nitrogens with two attached hydrogens (primary N) is 1.